The molecule has 1 saturated heterocycles. The Morgan fingerprint density at radius 2 is 1.72 bits per heavy atom. The summed E-state index contributed by atoms with van der Waals surface area (Å²) in [5.74, 6) is -0.561. The van der Waals surface area contributed by atoms with Gasteiger partial charge in [-0.15, -0.1) is 12.4 Å². The van der Waals surface area contributed by atoms with Crippen molar-refractivity contribution in [1.82, 2.24) is 4.90 Å². The number of aromatic hydroxyl groups is 1. The molecule has 7 N–H and O–H groups in total. The summed E-state index contributed by atoms with van der Waals surface area (Å²) in [4.78, 5) is 21.5. The first-order chi connectivity index (χ1) is 14.6. The Hall–Kier alpha value is -2.97. The van der Waals surface area contributed by atoms with Crippen LogP contribution in [-0.2, 0) is 5.41 Å². The minimum atomic E-state index is -1.33. The molecule has 1 aliphatic rings. The van der Waals surface area contributed by atoms with Gasteiger partial charge < -0.3 is 31.7 Å². The zero-order valence-electron chi connectivity index (χ0n) is 18.5. The molecular weight excluding hydrogens is 434 g/mol. The Morgan fingerprint density at radius 3 is 2.22 bits per heavy atom. The number of phenols is 1. The Morgan fingerprint density at radius 1 is 1.09 bits per heavy atom. The molecule has 2 aromatic rings. The predicted molar refractivity (Wildman–Crippen MR) is 129 cm³/mol. The molecule has 178 valence electrons. The number of carboxylic acid groups (broad SMARTS) is 2. The van der Waals surface area contributed by atoms with Crippen LogP contribution in [0.25, 0.3) is 0 Å². The van der Waals surface area contributed by atoms with Gasteiger partial charge in [0.1, 0.15) is 5.75 Å². The van der Waals surface area contributed by atoms with E-state index in [0.717, 1.165) is 13.0 Å². The number of anilines is 1. The van der Waals surface area contributed by atoms with Crippen molar-refractivity contribution in [3.05, 3.63) is 59.7 Å². The first-order valence-corrected chi connectivity index (χ1v) is 10.1. The zero-order valence-corrected chi connectivity index (χ0v) is 19.3. The summed E-state index contributed by atoms with van der Waals surface area (Å²) >= 11 is 0. The van der Waals surface area contributed by atoms with Crippen LogP contribution in [0.1, 0.15) is 48.5 Å². The summed E-state index contributed by atoms with van der Waals surface area (Å²) in [5, 5.41) is 25.3. The van der Waals surface area contributed by atoms with Crippen LogP contribution in [0.5, 0.6) is 5.75 Å². The Kier molecular flexibility index (Phi) is 12.8. The van der Waals surface area contributed by atoms with Gasteiger partial charge in [-0.1, -0.05) is 31.5 Å². The van der Waals surface area contributed by atoms with Gasteiger partial charge in [-0.3, -0.25) is 0 Å². The fraction of sp³-hybridized carbons (Fsp3) is 0.391. The first kappa shape index (κ1) is 29.0. The van der Waals surface area contributed by atoms with Crippen LogP contribution in [0, 0.1) is 0 Å². The smallest absolute Gasteiger partial charge is 0.402 e. The number of benzene rings is 2. The molecule has 1 unspecified atom stereocenters. The quantitative estimate of drug-likeness (QED) is 0.425. The molecule has 32 heavy (non-hydrogen) atoms. The van der Waals surface area contributed by atoms with Gasteiger partial charge >= 0.3 is 12.1 Å². The average Bonchev–Trinajstić information content (AvgIpc) is 2.90. The first-order valence-electron chi connectivity index (χ1n) is 10.1. The third-order valence-corrected chi connectivity index (χ3v) is 5.29. The van der Waals surface area contributed by atoms with E-state index in [9.17, 15) is 9.90 Å². The number of nitrogen functional groups attached to an aromatic ring is 1. The highest BCUT2D eigenvalue weighted by molar-refractivity contribution is 5.88. The van der Waals surface area contributed by atoms with Crippen molar-refractivity contribution in [2.45, 2.75) is 38.0 Å². The number of nitrogens with two attached hydrogens (primary N) is 2. The number of hydrogen-bond acceptors (Lipinski definition) is 5. The molecule has 9 heteroatoms. The fourth-order valence-corrected chi connectivity index (χ4v) is 3.76. The monoisotopic (exact) mass is 467 g/mol. The molecule has 0 aromatic heterocycles. The lowest BCUT2D eigenvalue weighted by Crippen LogP contribution is -2.37. The van der Waals surface area contributed by atoms with Gasteiger partial charge in [0.25, 0.3) is 0 Å². The van der Waals surface area contributed by atoms with E-state index >= 15 is 0 Å². The van der Waals surface area contributed by atoms with Crippen LogP contribution >= 0.6 is 12.4 Å². The maximum atomic E-state index is 10.3. The largest absolute Gasteiger partial charge is 0.508 e. The number of halogens is 1. The summed E-state index contributed by atoms with van der Waals surface area (Å²) < 4.78 is 0. The summed E-state index contributed by atoms with van der Waals surface area (Å²) in [6.07, 6.45) is 3.61. The van der Waals surface area contributed by atoms with Crippen molar-refractivity contribution >= 4 is 30.2 Å². The molecule has 1 amide bonds. The normalized spacial score (nSPS) is 17.8. The van der Waals surface area contributed by atoms with Crippen LogP contribution in [0.15, 0.2) is 48.5 Å². The predicted octanol–water partition coefficient (Wildman–Crippen LogP) is 4.17. The SMILES string of the molecule is CCC1(c2cccc(O)c2)CCCCN(C)C1.Cl.NC(=O)O.Nc1cccc(C(=O)O)c1. The lowest BCUT2D eigenvalue weighted by Gasteiger charge is -2.35. The number of likely N-dealkylation sites (N-methyl/N-ethyl adjacent to an activating group) is 1. The number of rotatable bonds is 3. The fourth-order valence-electron chi connectivity index (χ4n) is 3.76. The standard InChI is InChI=1S/C15H23NO.C7H7NO2.CH3NO2.ClH/c1-3-15(9-4-5-10-16(2)12-15)13-7-6-8-14(17)11-13;8-6-3-1-2-5(4-6)7(9)10;2-1(3)4;/h6-8,11,17H,3-5,9-10,12H2,1-2H3;1-4H,8H2,(H,9,10);2H2,(H,3,4);1H. The van der Waals surface area contributed by atoms with Gasteiger partial charge in [-0.2, -0.15) is 0 Å². The van der Waals surface area contributed by atoms with Crippen molar-refractivity contribution in [3.8, 4) is 5.75 Å². The number of primary amides is 1. The second-order valence-electron chi connectivity index (χ2n) is 7.65. The van der Waals surface area contributed by atoms with Crippen molar-refractivity contribution in [2.24, 2.45) is 5.73 Å². The van der Waals surface area contributed by atoms with Crippen LogP contribution < -0.4 is 11.5 Å². The summed E-state index contributed by atoms with van der Waals surface area (Å²) in [5.41, 5.74) is 11.6. The van der Waals surface area contributed by atoms with Crippen molar-refractivity contribution < 1.29 is 24.9 Å². The molecule has 2 aromatic carbocycles. The third-order valence-electron chi connectivity index (χ3n) is 5.29. The van der Waals surface area contributed by atoms with Gasteiger partial charge in [0.2, 0.25) is 0 Å². The minimum Gasteiger partial charge on any atom is -0.508 e. The van der Waals surface area contributed by atoms with E-state index in [1.165, 1.54) is 43.5 Å². The van der Waals surface area contributed by atoms with E-state index in [0.29, 0.717) is 11.4 Å². The van der Waals surface area contributed by atoms with Crippen LogP contribution in [0.3, 0.4) is 0 Å². The summed E-state index contributed by atoms with van der Waals surface area (Å²) in [6.45, 7) is 4.57. The van der Waals surface area contributed by atoms with Crippen LogP contribution in [-0.4, -0.2) is 52.4 Å². The Bertz CT molecular complexity index is 861. The molecule has 0 bridgehead atoms. The van der Waals surface area contributed by atoms with E-state index in [2.05, 4.69) is 30.7 Å². The van der Waals surface area contributed by atoms with Crippen molar-refractivity contribution in [3.63, 3.8) is 0 Å². The second kappa shape index (κ2) is 14.2. The third kappa shape index (κ3) is 9.89. The summed E-state index contributed by atoms with van der Waals surface area (Å²) in [6, 6.07) is 14.0. The molecular formula is C23H34ClN3O5. The van der Waals surface area contributed by atoms with E-state index in [1.807, 2.05) is 12.1 Å². The number of phenolic OH excluding ortho intramolecular Hbond substituents is 1. The topological polar surface area (TPSA) is 150 Å². The van der Waals surface area contributed by atoms with E-state index in [-0.39, 0.29) is 23.4 Å². The number of nitrogens with zero attached hydrogens (tertiary/aromatic N) is 1. The van der Waals surface area contributed by atoms with Gasteiger partial charge in [0.05, 0.1) is 5.56 Å². The molecule has 0 radical (unpaired) electrons. The van der Waals surface area contributed by atoms with E-state index in [1.54, 1.807) is 18.2 Å². The van der Waals surface area contributed by atoms with Gasteiger partial charge in [0, 0.05) is 17.6 Å². The molecule has 0 aliphatic carbocycles. The maximum absolute atomic E-state index is 10.3. The number of hydrogen-bond donors (Lipinski definition) is 5. The zero-order chi connectivity index (χ0) is 23.4. The molecule has 1 aliphatic heterocycles. The Labute approximate surface area is 195 Å². The molecule has 0 saturated carbocycles. The van der Waals surface area contributed by atoms with Gasteiger partial charge in [-0.25, -0.2) is 9.59 Å². The molecule has 1 fully saturated rings. The average molecular weight is 468 g/mol. The van der Waals surface area contributed by atoms with E-state index < -0.39 is 12.1 Å². The summed E-state index contributed by atoms with van der Waals surface area (Å²) in [7, 11) is 2.21. The lowest BCUT2D eigenvalue weighted by molar-refractivity contribution is 0.0697. The number of likely N-dealkylation sites (tertiary alicyclic amines) is 1. The van der Waals surface area contributed by atoms with Crippen LogP contribution in [0.2, 0.25) is 0 Å². The lowest BCUT2D eigenvalue weighted by atomic mass is 9.74. The molecule has 1 atom stereocenters. The number of carboxylic acids is 1. The second-order valence-corrected chi connectivity index (χ2v) is 7.65. The highest BCUT2D eigenvalue weighted by Gasteiger charge is 2.33. The molecule has 8 nitrogen and oxygen atoms in total. The van der Waals surface area contributed by atoms with Crippen molar-refractivity contribution in [1.29, 1.82) is 0 Å². The van der Waals surface area contributed by atoms with Gasteiger partial charge in [-0.05, 0) is 68.8 Å². The molecule has 0 spiro atoms. The van der Waals surface area contributed by atoms with Crippen molar-refractivity contribution in [2.75, 3.05) is 25.9 Å². The number of aromatic carboxylic acids is 1. The number of carbonyl (C=O) groups is 2. The molecule has 1 heterocycles. The maximum Gasteiger partial charge on any atom is 0.402 e. The van der Waals surface area contributed by atoms with Gasteiger partial charge in [0.15, 0.2) is 0 Å². The van der Waals surface area contributed by atoms with Crippen LogP contribution in [0.4, 0.5) is 10.5 Å². The Balaban J connectivity index is 0.000000546. The highest BCUT2D eigenvalue weighted by atomic mass is 35.5. The minimum absolute atomic E-state index is 0. The van der Waals surface area contributed by atoms with E-state index in [4.69, 9.17) is 20.7 Å². The highest BCUT2D eigenvalue weighted by Crippen LogP contribution is 2.37. The molecule has 3 rings (SSSR count). The number of amides is 1.